The molecule has 4 heteroatoms. The predicted molar refractivity (Wildman–Crippen MR) is 71.2 cm³/mol. The molecule has 0 radical (unpaired) electrons. The number of phenolic OH excluding ortho intramolecular Hbond substituents is 1. The molecule has 18 heavy (non-hydrogen) atoms. The minimum Gasteiger partial charge on any atom is -0.508 e. The second-order valence-corrected chi connectivity index (χ2v) is 3.70. The highest BCUT2D eigenvalue weighted by atomic mass is 16.3. The Morgan fingerprint density at radius 2 is 1.56 bits per heavy atom. The van der Waals surface area contributed by atoms with Crippen LogP contribution in [0.1, 0.15) is 15.9 Å². The maximum atomic E-state index is 10.5. The summed E-state index contributed by atoms with van der Waals surface area (Å²) in [5.74, 6) is 0.226. The Labute approximate surface area is 105 Å². The number of rotatable bonds is 4. The fraction of sp³-hybridized carbons (Fsp3) is 0. The van der Waals surface area contributed by atoms with Crippen molar-refractivity contribution in [3.8, 4) is 5.75 Å². The maximum Gasteiger partial charge on any atom is 0.150 e. The second-order valence-electron chi connectivity index (χ2n) is 3.70. The van der Waals surface area contributed by atoms with E-state index in [4.69, 9.17) is 5.11 Å². The molecule has 2 aromatic carbocycles. The molecule has 0 heterocycles. The minimum atomic E-state index is 0.226. The first-order valence-corrected chi connectivity index (χ1v) is 5.41. The van der Waals surface area contributed by atoms with Gasteiger partial charge in [-0.2, -0.15) is 5.10 Å². The number of hydrogen-bond donors (Lipinski definition) is 2. The van der Waals surface area contributed by atoms with Gasteiger partial charge >= 0.3 is 0 Å². The third kappa shape index (κ3) is 3.18. The Balaban J connectivity index is 1.97. The standard InChI is InChI=1S/C14H12N2O2/c17-10-12-1-5-13(6-2-12)16-15-9-11-3-7-14(18)8-4-11/h1-10,16,18H. The number of nitrogens with zero attached hydrogens (tertiary/aromatic N) is 1. The van der Waals surface area contributed by atoms with Gasteiger partial charge in [-0.05, 0) is 54.1 Å². The Hall–Kier alpha value is -2.62. The van der Waals surface area contributed by atoms with Crippen LogP contribution in [0.3, 0.4) is 0 Å². The molecule has 2 rings (SSSR count). The van der Waals surface area contributed by atoms with Gasteiger partial charge in [-0.25, -0.2) is 0 Å². The fourth-order valence-electron chi connectivity index (χ4n) is 1.38. The number of phenols is 1. The van der Waals surface area contributed by atoms with Gasteiger partial charge in [-0.15, -0.1) is 0 Å². The van der Waals surface area contributed by atoms with Gasteiger partial charge in [0.2, 0.25) is 0 Å². The number of hydrazone groups is 1. The normalized spacial score (nSPS) is 10.4. The zero-order chi connectivity index (χ0) is 12.8. The van der Waals surface area contributed by atoms with Crippen LogP contribution in [-0.2, 0) is 0 Å². The summed E-state index contributed by atoms with van der Waals surface area (Å²) in [6.45, 7) is 0. The molecule has 0 spiro atoms. The summed E-state index contributed by atoms with van der Waals surface area (Å²) in [5.41, 5.74) is 5.16. The second kappa shape index (κ2) is 5.63. The number of benzene rings is 2. The van der Waals surface area contributed by atoms with Crippen LogP contribution in [0.4, 0.5) is 5.69 Å². The lowest BCUT2D eigenvalue weighted by Gasteiger charge is -1.99. The van der Waals surface area contributed by atoms with Crippen LogP contribution >= 0.6 is 0 Å². The van der Waals surface area contributed by atoms with Crippen molar-refractivity contribution in [2.24, 2.45) is 5.10 Å². The molecule has 0 aliphatic heterocycles. The summed E-state index contributed by atoms with van der Waals surface area (Å²) >= 11 is 0. The van der Waals surface area contributed by atoms with Gasteiger partial charge in [0.1, 0.15) is 12.0 Å². The van der Waals surface area contributed by atoms with Gasteiger partial charge in [0.05, 0.1) is 11.9 Å². The summed E-state index contributed by atoms with van der Waals surface area (Å²) in [7, 11) is 0. The van der Waals surface area contributed by atoms with Crippen molar-refractivity contribution in [2.45, 2.75) is 0 Å². The van der Waals surface area contributed by atoms with E-state index in [1.165, 1.54) is 0 Å². The third-order valence-electron chi connectivity index (χ3n) is 2.35. The van der Waals surface area contributed by atoms with Crippen molar-refractivity contribution in [2.75, 3.05) is 5.43 Å². The molecule has 0 aliphatic carbocycles. The lowest BCUT2D eigenvalue weighted by molar-refractivity contribution is 0.112. The zero-order valence-electron chi connectivity index (χ0n) is 9.58. The molecule has 0 aromatic heterocycles. The Kier molecular flexibility index (Phi) is 3.71. The first-order chi connectivity index (χ1) is 8.78. The van der Waals surface area contributed by atoms with Crippen LogP contribution in [-0.4, -0.2) is 17.6 Å². The van der Waals surface area contributed by atoms with Gasteiger partial charge in [0.25, 0.3) is 0 Å². The molecule has 0 aliphatic rings. The van der Waals surface area contributed by atoms with Crippen molar-refractivity contribution in [1.29, 1.82) is 0 Å². The molecule has 4 nitrogen and oxygen atoms in total. The quantitative estimate of drug-likeness (QED) is 0.490. The van der Waals surface area contributed by atoms with E-state index in [1.807, 2.05) is 0 Å². The van der Waals surface area contributed by atoms with Crippen molar-refractivity contribution in [3.63, 3.8) is 0 Å². The summed E-state index contributed by atoms with van der Waals surface area (Å²) in [6.07, 6.45) is 2.44. The molecule has 2 aromatic rings. The van der Waals surface area contributed by atoms with Crippen LogP contribution < -0.4 is 5.43 Å². The predicted octanol–water partition coefficient (Wildman–Crippen LogP) is 2.65. The van der Waals surface area contributed by atoms with E-state index in [0.29, 0.717) is 5.56 Å². The molecular weight excluding hydrogens is 228 g/mol. The van der Waals surface area contributed by atoms with E-state index < -0.39 is 0 Å². The molecule has 0 atom stereocenters. The van der Waals surface area contributed by atoms with Crippen LogP contribution in [0, 0.1) is 0 Å². The van der Waals surface area contributed by atoms with Gasteiger partial charge in [0.15, 0.2) is 0 Å². The van der Waals surface area contributed by atoms with E-state index in [2.05, 4.69) is 10.5 Å². The maximum absolute atomic E-state index is 10.5. The third-order valence-corrected chi connectivity index (χ3v) is 2.35. The minimum absolute atomic E-state index is 0.226. The largest absolute Gasteiger partial charge is 0.508 e. The topological polar surface area (TPSA) is 61.7 Å². The van der Waals surface area contributed by atoms with Crippen molar-refractivity contribution < 1.29 is 9.90 Å². The highest BCUT2D eigenvalue weighted by Crippen LogP contribution is 2.09. The zero-order valence-corrected chi connectivity index (χ0v) is 9.58. The highest BCUT2D eigenvalue weighted by Gasteiger charge is 1.91. The molecule has 90 valence electrons. The van der Waals surface area contributed by atoms with Crippen molar-refractivity contribution in [3.05, 3.63) is 59.7 Å². The van der Waals surface area contributed by atoms with E-state index in [1.54, 1.807) is 54.7 Å². The van der Waals surface area contributed by atoms with Crippen LogP contribution in [0.25, 0.3) is 0 Å². The number of nitrogens with one attached hydrogen (secondary N) is 1. The van der Waals surface area contributed by atoms with Crippen molar-refractivity contribution >= 4 is 18.2 Å². The first-order valence-electron chi connectivity index (χ1n) is 5.41. The Morgan fingerprint density at radius 3 is 2.17 bits per heavy atom. The molecule has 0 fully saturated rings. The SMILES string of the molecule is O=Cc1ccc(NN=Cc2ccc(O)cc2)cc1. The smallest absolute Gasteiger partial charge is 0.150 e. The lowest BCUT2D eigenvalue weighted by atomic mass is 10.2. The number of carbonyl (C=O) groups excluding carboxylic acids is 1. The summed E-state index contributed by atoms with van der Waals surface area (Å²) in [6, 6.07) is 13.7. The highest BCUT2D eigenvalue weighted by molar-refractivity contribution is 5.80. The van der Waals surface area contributed by atoms with E-state index in [9.17, 15) is 4.79 Å². The summed E-state index contributed by atoms with van der Waals surface area (Å²) in [4.78, 5) is 10.5. The Bertz CT molecular complexity index is 545. The van der Waals surface area contributed by atoms with Crippen LogP contribution in [0.5, 0.6) is 5.75 Å². The average Bonchev–Trinajstić information content (AvgIpc) is 2.42. The van der Waals surface area contributed by atoms with Gasteiger partial charge in [-0.1, -0.05) is 0 Å². The molecule has 0 bridgehead atoms. The van der Waals surface area contributed by atoms with E-state index >= 15 is 0 Å². The monoisotopic (exact) mass is 240 g/mol. The molecule has 0 saturated carbocycles. The molecular formula is C14H12N2O2. The average molecular weight is 240 g/mol. The number of aromatic hydroxyl groups is 1. The van der Waals surface area contributed by atoms with Crippen LogP contribution in [0.15, 0.2) is 53.6 Å². The number of anilines is 1. The van der Waals surface area contributed by atoms with Gasteiger partial charge < -0.3 is 5.11 Å². The van der Waals surface area contributed by atoms with Crippen LogP contribution in [0.2, 0.25) is 0 Å². The van der Waals surface area contributed by atoms with Crippen molar-refractivity contribution in [1.82, 2.24) is 0 Å². The first kappa shape index (κ1) is 11.9. The number of hydrogen-bond acceptors (Lipinski definition) is 4. The Morgan fingerprint density at radius 1 is 0.944 bits per heavy atom. The molecule has 0 saturated heterocycles. The molecule has 2 N–H and O–H groups in total. The molecule has 0 amide bonds. The van der Waals surface area contributed by atoms with Gasteiger partial charge in [0, 0.05) is 5.56 Å². The van der Waals surface area contributed by atoms with E-state index in [0.717, 1.165) is 17.5 Å². The fourth-order valence-corrected chi connectivity index (χ4v) is 1.38. The lowest BCUT2D eigenvalue weighted by Crippen LogP contribution is -1.90. The number of carbonyl (C=O) groups is 1. The van der Waals surface area contributed by atoms with Gasteiger partial charge in [-0.3, -0.25) is 10.2 Å². The summed E-state index contributed by atoms with van der Waals surface area (Å²) in [5, 5.41) is 13.2. The number of aldehydes is 1. The molecule has 0 unspecified atom stereocenters. The van der Waals surface area contributed by atoms with E-state index in [-0.39, 0.29) is 5.75 Å². The summed E-state index contributed by atoms with van der Waals surface area (Å²) < 4.78 is 0.